The van der Waals surface area contributed by atoms with Crippen molar-refractivity contribution in [3.8, 4) is 0 Å². The van der Waals surface area contributed by atoms with Crippen molar-refractivity contribution in [2.24, 2.45) is 0 Å². The van der Waals surface area contributed by atoms with Gasteiger partial charge in [-0.05, 0) is 25.8 Å². The van der Waals surface area contributed by atoms with Gasteiger partial charge in [-0.3, -0.25) is 4.90 Å². The zero-order valence-electron chi connectivity index (χ0n) is 11.7. The van der Waals surface area contributed by atoms with Gasteiger partial charge in [0.1, 0.15) is 0 Å². The second-order valence-corrected chi connectivity index (χ2v) is 4.97. The number of aliphatic hydroxyl groups excluding tert-OH is 1. The summed E-state index contributed by atoms with van der Waals surface area (Å²) >= 11 is 0. The number of carbonyl (C=O) groups excluding carboxylic acids is 1. The summed E-state index contributed by atoms with van der Waals surface area (Å²) in [4.78, 5) is 15.6. The van der Waals surface area contributed by atoms with E-state index in [9.17, 15) is 4.79 Å². The molecule has 1 unspecified atom stereocenters. The Labute approximate surface area is 110 Å². The van der Waals surface area contributed by atoms with Gasteiger partial charge in [-0.1, -0.05) is 13.3 Å². The molecule has 0 saturated carbocycles. The summed E-state index contributed by atoms with van der Waals surface area (Å²) in [6.45, 7) is 5.39. The van der Waals surface area contributed by atoms with E-state index in [0.717, 1.165) is 13.1 Å². The molecule has 0 radical (unpaired) electrons. The van der Waals surface area contributed by atoms with Crippen LogP contribution in [0.4, 0.5) is 4.79 Å². The summed E-state index contributed by atoms with van der Waals surface area (Å²) in [5.74, 6) is 0. The summed E-state index contributed by atoms with van der Waals surface area (Å²) in [7, 11) is 1.70. The lowest BCUT2D eigenvalue weighted by Crippen LogP contribution is -2.46. The highest BCUT2D eigenvalue weighted by Crippen LogP contribution is 2.18. The van der Waals surface area contributed by atoms with Crippen LogP contribution in [0.15, 0.2) is 0 Å². The molecule has 1 aliphatic rings. The second kappa shape index (κ2) is 8.32. The number of carbonyl (C=O) groups is 1. The van der Waals surface area contributed by atoms with Gasteiger partial charge in [0.15, 0.2) is 0 Å². The highest BCUT2D eigenvalue weighted by atomic mass is 16.3. The van der Waals surface area contributed by atoms with Crippen LogP contribution in [0, 0.1) is 0 Å². The first kappa shape index (κ1) is 15.2. The predicted octanol–water partition coefficient (Wildman–Crippen LogP) is 0.885. The Morgan fingerprint density at radius 1 is 1.50 bits per heavy atom. The van der Waals surface area contributed by atoms with E-state index in [0.29, 0.717) is 19.1 Å². The lowest BCUT2D eigenvalue weighted by Gasteiger charge is -2.35. The number of nitrogens with zero attached hydrogens (tertiary/aromatic N) is 2. The fourth-order valence-corrected chi connectivity index (χ4v) is 2.51. The summed E-state index contributed by atoms with van der Waals surface area (Å²) in [5, 5.41) is 11.6. The minimum atomic E-state index is -0.103. The Balaban J connectivity index is 2.21. The van der Waals surface area contributed by atoms with Crippen molar-refractivity contribution in [1.29, 1.82) is 0 Å². The van der Waals surface area contributed by atoms with Crippen molar-refractivity contribution in [3.63, 3.8) is 0 Å². The van der Waals surface area contributed by atoms with Gasteiger partial charge in [-0.2, -0.15) is 0 Å². The molecule has 0 aromatic rings. The van der Waals surface area contributed by atoms with Crippen LogP contribution in [0.3, 0.4) is 0 Å². The molecular formula is C13H27N3O2. The summed E-state index contributed by atoms with van der Waals surface area (Å²) in [5.41, 5.74) is 0. The Bertz CT molecular complexity index is 248. The van der Waals surface area contributed by atoms with E-state index in [1.807, 2.05) is 0 Å². The quantitative estimate of drug-likeness (QED) is 0.743. The first-order chi connectivity index (χ1) is 8.69. The number of rotatable bonds is 6. The lowest BCUT2D eigenvalue weighted by molar-refractivity contribution is 0.143. The third kappa shape index (κ3) is 4.82. The summed E-state index contributed by atoms with van der Waals surface area (Å²) < 4.78 is 0. The SMILES string of the molecule is CCC1CCCCN1CCNC(=O)N(C)CCO. The zero-order chi connectivity index (χ0) is 13.4. The molecule has 0 aromatic carbocycles. The lowest BCUT2D eigenvalue weighted by atomic mass is 10.0. The molecule has 1 fully saturated rings. The van der Waals surface area contributed by atoms with Crippen molar-refractivity contribution in [2.75, 3.05) is 39.8 Å². The maximum atomic E-state index is 11.6. The number of amides is 2. The molecule has 18 heavy (non-hydrogen) atoms. The van der Waals surface area contributed by atoms with Crippen LogP contribution in [0.5, 0.6) is 0 Å². The molecule has 5 nitrogen and oxygen atoms in total. The monoisotopic (exact) mass is 257 g/mol. The fourth-order valence-electron chi connectivity index (χ4n) is 2.51. The molecule has 1 saturated heterocycles. The van der Waals surface area contributed by atoms with Crippen molar-refractivity contribution >= 4 is 6.03 Å². The predicted molar refractivity (Wildman–Crippen MR) is 72.6 cm³/mol. The fraction of sp³-hybridized carbons (Fsp3) is 0.923. The molecule has 0 bridgehead atoms. The molecule has 0 spiro atoms. The minimum absolute atomic E-state index is 0.00789. The number of hydrogen-bond donors (Lipinski definition) is 2. The molecule has 1 atom stereocenters. The highest BCUT2D eigenvalue weighted by Gasteiger charge is 2.20. The number of nitrogens with one attached hydrogen (secondary N) is 1. The highest BCUT2D eigenvalue weighted by molar-refractivity contribution is 5.73. The molecule has 1 aliphatic heterocycles. The molecule has 1 rings (SSSR count). The number of hydrogen-bond acceptors (Lipinski definition) is 3. The van der Waals surface area contributed by atoms with Crippen LogP contribution >= 0.6 is 0 Å². The van der Waals surface area contributed by atoms with E-state index in [4.69, 9.17) is 5.11 Å². The van der Waals surface area contributed by atoms with Crippen LogP contribution in [0.25, 0.3) is 0 Å². The topological polar surface area (TPSA) is 55.8 Å². The number of aliphatic hydroxyl groups is 1. The first-order valence-electron chi connectivity index (χ1n) is 7.03. The van der Waals surface area contributed by atoms with Gasteiger partial charge in [0.2, 0.25) is 0 Å². The Hall–Kier alpha value is -0.810. The van der Waals surface area contributed by atoms with Crippen LogP contribution in [0.2, 0.25) is 0 Å². The maximum Gasteiger partial charge on any atom is 0.317 e. The molecule has 0 aromatic heterocycles. The van der Waals surface area contributed by atoms with Gasteiger partial charge in [0, 0.05) is 32.7 Å². The molecular weight excluding hydrogens is 230 g/mol. The normalized spacial score (nSPS) is 20.7. The van der Waals surface area contributed by atoms with Gasteiger partial charge < -0.3 is 15.3 Å². The second-order valence-electron chi connectivity index (χ2n) is 4.97. The standard InChI is InChI=1S/C13H27N3O2/c1-3-12-6-4-5-8-16(12)9-7-14-13(18)15(2)10-11-17/h12,17H,3-11H2,1-2H3,(H,14,18). The van der Waals surface area contributed by atoms with Gasteiger partial charge >= 0.3 is 6.03 Å². The van der Waals surface area contributed by atoms with Gasteiger partial charge in [-0.15, -0.1) is 0 Å². The minimum Gasteiger partial charge on any atom is -0.395 e. The summed E-state index contributed by atoms with van der Waals surface area (Å²) in [6, 6.07) is 0.583. The molecule has 106 valence electrons. The molecule has 5 heteroatoms. The van der Waals surface area contributed by atoms with E-state index in [1.165, 1.54) is 30.6 Å². The number of piperidine rings is 1. The third-order valence-corrected chi connectivity index (χ3v) is 3.68. The first-order valence-corrected chi connectivity index (χ1v) is 7.03. The molecule has 1 heterocycles. The van der Waals surface area contributed by atoms with E-state index in [1.54, 1.807) is 7.05 Å². The number of likely N-dealkylation sites (N-methyl/N-ethyl adjacent to an activating group) is 1. The van der Waals surface area contributed by atoms with Crippen molar-refractivity contribution < 1.29 is 9.90 Å². The Morgan fingerprint density at radius 2 is 2.28 bits per heavy atom. The van der Waals surface area contributed by atoms with Crippen LogP contribution in [0.1, 0.15) is 32.6 Å². The van der Waals surface area contributed by atoms with Crippen LogP contribution in [-0.2, 0) is 0 Å². The van der Waals surface area contributed by atoms with E-state index in [2.05, 4.69) is 17.1 Å². The zero-order valence-corrected chi connectivity index (χ0v) is 11.7. The Morgan fingerprint density at radius 3 is 2.94 bits per heavy atom. The molecule has 2 amide bonds. The van der Waals surface area contributed by atoms with Crippen molar-refractivity contribution in [2.45, 2.75) is 38.6 Å². The van der Waals surface area contributed by atoms with Crippen LogP contribution < -0.4 is 5.32 Å². The molecule has 0 aliphatic carbocycles. The van der Waals surface area contributed by atoms with E-state index < -0.39 is 0 Å². The molecule has 2 N–H and O–H groups in total. The van der Waals surface area contributed by atoms with Crippen molar-refractivity contribution in [1.82, 2.24) is 15.1 Å². The Kier molecular flexibility index (Phi) is 7.05. The maximum absolute atomic E-state index is 11.6. The largest absolute Gasteiger partial charge is 0.395 e. The average molecular weight is 257 g/mol. The van der Waals surface area contributed by atoms with Gasteiger partial charge in [0.05, 0.1) is 6.61 Å². The number of likely N-dealkylation sites (tertiary alicyclic amines) is 1. The number of urea groups is 1. The van der Waals surface area contributed by atoms with Crippen molar-refractivity contribution in [3.05, 3.63) is 0 Å². The van der Waals surface area contributed by atoms with Gasteiger partial charge in [0.25, 0.3) is 0 Å². The van der Waals surface area contributed by atoms with E-state index >= 15 is 0 Å². The van der Waals surface area contributed by atoms with E-state index in [-0.39, 0.29) is 12.6 Å². The smallest absolute Gasteiger partial charge is 0.317 e. The third-order valence-electron chi connectivity index (χ3n) is 3.68. The summed E-state index contributed by atoms with van der Waals surface area (Å²) in [6.07, 6.45) is 5.09. The average Bonchev–Trinajstić information content (AvgIpc) is 2.39. The van der Waals surface area contributed by atoms with Crippen LogP contribution in [-0.4, -0.2) is 66.8 Å². The van der Waals surface area contributed by atoms with Gasteiger partial charge in [-0.25, -0.2) is 4.79 Å².